The Bertz CT molecular complexity index is 432. The average molecular weight is 192 g/mol. The molecule has 0 atom stereocenters. The van der Waals surface area contributed by atoms with E-state index in [1.54, 1.807) is 13.0 Å². The van der Waals surface area contributed by atoms with Crippen LogP contribution in [0.25, 0.3) is 0 Å². The van der Waals surface area contributed by atoms with Crippen molar-refractivity contribution >= 4 is 11.9 Å². The number of amides is 1. The standard InChI is InChI=1S/C8H8N4O2/c1-5-2-3-14-6(5)7(13)11-8-9-4-10-12-8/h2-4H,1H3,(H2,9,10,11,12,13). The van der Waals surface area contributed by atoms with Crippen LogP contribution in [-0.2, 0) is 0 Å². The van der Waals surface area contributed by atoms with E-state index >= 15 is 0 Å². The molecule has 0 radical (unpaired) electrons. The first kappa shape index (κ1) is 8.49. The molecular formula is C8H8N4O2. The normalized spacial score (nSPS) is 10.1. The van der Waals surface area contributed by atoms with Crippen LogP contribution in [0.5, 0.6) is 0 Å². The van der Waals surface area contributed by atoms with Crippen LogP contribution in [0, 0.1) is 6.92 Å². The van der Waals surface area contributed by atoms with Gasteiger partial charge in [0.25, 0.3) is 5.91 Å². The molecule has 6 nitrogen and oxygen atoms in total. The fraction of sp³-hybridized carbons (Fsp3) is 0.125. The molecule has 2 aromatic rings. The van der Waals surface area contributed by atoms with Gasteiger partial charge in [-0.2, -0.15) is 10.1 Å². The first-order valence-electron chi connectivity index (χ1n) is 3.98. The van der Waals surface area contributed by atoms with E-state index in [0.717, 1.165) is 5.56 Å². The molecule has 0 saturated carbocycles. The van der Waals surface area contributed by atoms with Gasteiger partial charge in [0, 0.05) is 5.56 Å². The number of hydrogen-bond acceptors (Lipinski definition) is 4. The molecule has 0 spiro atoms. The number of hydrogen-bond donors (Lipinski definition) is 2. The van der Waals surface area contributed by atoms with Crippen molar-refractivity contribution in [1.29, 1.82) is 0 Å². The van der Waals surface area contributed by atoms with E-state index in [-0.39, 0.29) is 11.7 Å². The zero-order valence-electron chi connectivity index (χ0n) is 7.44. The summed E-state index contributed by atoms with van der Waals surface area (Å²) in [4.78, 5) is 15.3. The van der Waals surface area contributed by atoms with E-state index in [1.807, 2.05) is 0 Å². The summed E-state index contributed by atoms with van der Waals surface area (Å²) in [6.45, 7) is 1.79. The summed E-state index contributed by atoms with van der Waals surface area (Å²) in [5.74, 6) is 0.233. The zero-order chi connectivity index (χ0) is 9.97. The van der Waals surface area contributed by atoms with Gasteiger partial charge in [-0.05, 0) is 13.0 Å². The summed E-state index contributed by atoms with van der Waals surface area (Å²) >= 11 is 0. The van der Waals surface area contributed by atoms with Crippen molar-refractivity contribution in [3.8, 4) is 0 Å². The van der Waals surface area contributed by atoms with Crippen molar-refractivity contribution in [3.63, 3.8) is 0 Å². The Morgan fingerprint density at radius 1 is 1.64 bits per heavy atom. The van der Waals surface area contributed by atoms with E-state index in [9.17, 15) is 4.79 Å². The summed E-state index contributed by atoms with van der Waals surface area (Å²) in [6, 6.07) is 1.72. The minimum absolute atomic E-state index is 0.279. The van der Waals surface area contributed by atoms with Gasteiger partial charge in [-0.1, -0.05) is 0 Å². The fourth-order valence-corrected chi connectivity index (χ4v) is 1.04. The molecule has 0 unspecified atom stereocenters. The highest BCUT2D eigenvalue weighted by molar-refractivity contribution is 6.02. The average Bonchev–Trinajstić information content (AvgIpc) is 2.75. The summed E-state index contributed by atoms with van der Waals surface area (Å²) < 4.78 is 5.00. The Hall–Kier alpha value is -2.11. The number of H-pyrrole nitrogens is 1. The van der Waals surface area contributed by atoms with Gasteiger partial charge in [0.05, 0.1) is 6.26 Å². The molecule has 0 saturated heterocycles. The maximum Gasteiger partial charge on any atom is 0.293 e. The summed E-state index contributed by atoms with van der Waals surface area (Å²) in [6.07, 6.45) is 2.77. The third-order valence-electron chi connectivity index (χ3n) is 1.72. The smallest absolute Gasteiger partial charge is 0.293 e. The quantitative estimate of drug-likeness (QED) is 0.742. The van der Waals surface area contributed by atoms with Crippen LogP contribution in [0.2, 0.25) is 0 Å². The number of aromatic amines is 1. The second-order valence-corrected chi connectivity index (χ2v) is 2.72. The van der Waals surface area contributed by atoms with Gasteiger partial charge in [0.15, 0.2) is 5.76 Å². The molecule has 2 N–H and O–H groups in total. The number of rotatable bonds is 2. The summed E-state index contributed by atoms with van der Waals surface area (Å²) in [7, 11) is 0. The number of aryl methyl sites for hydroxylation is 1. The van der Waals surface area contributed by atoms with Crippen molar-refractivity contribution < 1.29 is 9.21 Å². The van der Waals surface area contributed by atoms with Gasteiger partial charge in [0.2, 0.25) is 5.95 Å². The zero-order valence-corrected chi connectivity index (χ0v) is 7.44. The number of furan rings is 1. The van der Waals surface area contributed by atoms with Crippen LogP contribution >= 0.6 is 0 Å². The highest BCUT2D eigenvalue weighted by Gasteiger charge is 2.13. The molecule has 0 aromatic carbocycles. The van der Waals surface area contributed by atoms with Gasteiger partial charge in [0.1, 0.15) is 6.33 Å². The largest absolute Gasteiger partial charge is 0.459 e. The highest BCUT2D eigenvalue weighted by Crippen LogP contribution is 2.09. The maximum atomic E-state index is 11.5. The monoisotopic (exact) mass is 192 g/mol. The molecule has 2 heterocycles. The summed E-state index contributed by atoms with van der Waals surface area (Å²) in [5, 5.41) is 8.62. The lowest BCUT2D eigenvalue weighted by Gasteiger charge is -1.98. The Labute approximate surface area is 79.3 Å². The minimum Gasteiger partial charge on any atom is -0.459 e. The predicted molar refractivity (Wildman–Crippen MR) is 47.8 cm³/mol. The number of anilines is 1. The van der Waals surface area contributed by atoms with Crippen molar-refractivity contribution in [3.05, 3.63) is 30.0 Å². The Morgan fingerprint density at radius 2 is 2.50 bits per heavy atom. The molecule has 14 heavy (non-hydrogen) atoms. The molecule has 0 aliphatic rings. The van der Waals surface area contributed by atoms with Crippen LogP contribution in [0.15, 0.2) is 23.1 Å². The van der Waals surface area contributed by atoms with Crippen molar-refractivity contribution in [2.24, 2.45) is 0 Å². The molecule has 0 aliphatic carbocycles. The molecule has 0 bridgehead atoms. The lowest BCUT2D eigenvalue weighted by molar-refractivity contribution is 0.0995. The molecule has 72 valence electrons. The third kappa shape index (κ3) is 1.49. The number of carbonyl (C=O) groups is 1. The SMILES string of the molecule is Cc1ccoc1C(=O)Nc1ncn[nH]1. The highest BCUT2D eigenvalue weighted by atomic mass is 16.3. The number of aromatic nitrogens is 3. The van der Waals surface area contributed by atoms with Crippen LogP contribution < -0.4 is 5.32 Å². The van der Waals surface area contributed by atoms with Gasteiger partial charge in [-0.3, -0.25) is 10.1 Å². The van der Waals surface area contributed by atoms with Crippen molar-refractivity contribution in [2.75, 3.05) is 5.32 Å². The van der Waals surface area contributed by atoms with Crippen molar-refractivity contribution in [2.45, 2.75) is 6.92 Å². The second kappa shape index (κ2) is 3.33. The van der Waals surface area contributed by atoms with E-state index in [1.165, 1.54) is 12.6 Å². The van der Waals surface area contributed by atoms with E-state index < -0.39 is 0 Å². The maximum absolute atomic E-state index is 11.5. The van der Waals surface area contributed by atoms with Crippen LogP contribution in [0.1, 0.15) is 16.1 Å². The van der Waals surface area contributed by atoms with E-state index in [2.05, 4.69) is 20.5 Å². The fourth-order valence-electron chi connectivity index (χ4n) is 1.04. The first-order chi connectivity index (χ1) is 6.77. The van der Waals surface area contributed by atoms with Gasteiger partial charge in [-0.25, -0.2) is 5.10 Å². The second-order valence-electron chi connectivity index (χ2n) is 2.72. The van der Waals surface area contributed by atoms with E-state index in [0.29, 0.717) is 5.95 Å². The number of nitrogens with zero attached hydrogens (tertiary/aromatic N) is 2. The minimum atomic E-state index is -0.343. The van der Waals surface area contributed by atoms with Gasteiger partial charge < -0.3 is 4.42 Å². The topological polar surface area (TPSA) is 83.8 Å². The van der Waals surface area contributed by atoms with Crippen LogP contribution in [0.4, 0.5) is 5.95 Å². The lowest BCUT2D eigenvalue weighted by atomic mass is 10.3. The lowest BCUT2D eigenvalue weighted by Crippen LogP contribution is -2.13. The molecule has 6 heteroatoms. The number of nitrogens with one attached hydrogen (secondary N) is 2. The molecular weight excluding hydrogens is 184 g/mol. The Balaban J connectivity index is 2.14. The van der Waals surface area contributed by atoms with Gasteiger partial charge in [-0.15, -0.1) is 0 Å². The number of carbonyl (C=O) groups excluding carboxylic acids is 1. The molecule has 2 aromatic heterocycles. The van der Waals surface area contributed by atoms with Gasteiger partial charge >= 0.3 is 0 Å². The molecule has 0 fully saturated rings. The predicted octanol–water partition coefficient (Wildman–Crippen LogP) is 0.958. The molecule has 0 aliphatic heterocycles. The summed E-state index contributed by atoms with van der Waals surface area (Å²) in [5.41, 5.74) is 0.780. The molecule has 1 amide bonds. The first-order valence-corrected chi connectivity index (χ1v) is 3.98. The third-order valence-corrected chi connectivity index (χ3v) is 1.72. The Kier molecular flexibility index (Phi) is 2.02. The van der Waals surface area contributed by atoms with E-state index in [4.69, 9.17) is 4.42 Å². The van der Waals surface area contributed by atoms with Crippen LogP contribution in [0.3, 0.4) is 0 Å². The Morgan fingerprint density at radius 3 is 3.07 bits per heavy atom. The van der Waals surface area contributed by atoms with Crippen molar-refractivity contribution in [1.82, 2.24) is 15.2 Å². The molecule has 2 rings (SSSR count). The van der Waals surface area contributed by atoms with Crippen LogP contribution in [-0.4, -0.2) is 21.1 Å².